The number of rotatable bonds is 5. The van der Waals surface area contributed by atoms with Crippen LogP contribution in [-0.2, 0) is 4.79 Å². The molecule has 19 heavy (non-hydrogen) atoms. The number of phenolic OH excluding ortho intramolecular Hbond substituents is 1. The maximum atomic E-state index is 11.7. The second kappa shape index (κ2) is 6.89. The monoisotopic (exact) mass is 277 g/mol. The van der Waals surface area contributed by atoms with Gasteiger partial charge >= 0.3 is 0 Å². The minimum Gasteiger partial charge on any atom is -0.508 e. The number of benzene rings is 1. The molecule has 0 amide bonds. The van der Waals surface area contributed by atoms with Crippen LogP contribution in [0.4, 0.5) is 0 Å². The van der Waals surface area contributed by atoms with Gasteiger partial charge < -0.3 is 15.2 Å². The third-order valence-electron chi connectivity index (χ3n) is 2.42. The second-order valence-electron chi connectivity index (χ2n) is 3.91. The Labute approximate surface area is 116 Å². The number of dihydropyridines is 1. The van der Waals surface area contributed by atoms with Crippen LogP contribution in [0.25, 0.3) is 0 Å². The SMILES string of the molecule is O=C(CCOc1ccc(O)cc1)SC1C=CC=CN1. The first-order valence-electron chi connectivity index (χ1n) is 5.95. The standard InChI is InChI=1S/C14H15NO3S/c16-11-4-6-12(7-5-11)18-10-8-14(17)19-13-3-1-2-9-15-13/h1-7,9,13,15-16H,8,10H2. The fourth-order valence-corrected chi connectivity index (χ4v) is 2.30. The van der Waals surface area contributed by atoms with Crippen LogP contribution < -0.4 is 10.1 Å². The first-order valence-corrected chi connectivity index (χ1v) is 6.83. The molecule has 0 aliphatic carbocycles. The maximum Gasteiger partial charge on any atom is 0.194 e. The van der Waals surface area contributed by atoms with Crippen LogP contribution >= 0.6 is 11.8 Å². The topological polar surface area (TPSA) is 58.6 Å². The Morgan fingerprint density at radius 1 is 1.32 bits per heavy atom. The van der Waals surface area contributed by atoms with Crippen LogP contribution in [0, 0.1) is 0 Å². The average Bonchev–Trinajstić information content (AvgIpc) is 2.42. The van der Waals surface area contributed by atoms with Gasteiger partial charge in [-0.2, -0.15) is 0 Å². The Bertz CT molecular complexity index is 482. The molecule has 0 saturated carbocycles. The van der Waals surface area contributed by atoms with Gasteiger partial charge in [0.1, 0.15) is 11.5 Å². The lowest BCUT2D eigenvalue weighted by Crippen LogP contribution is -2.22. The molecule has 1 aliphatic rings. The van der Waals surface area contributed by atoms with Crippen molar-refractivity contribution in [3.05, 3.63) is 48.7 Å². The first-order chi connectivity index (χ1) is 9.24. The van der Waals surface area contributed by atoms with Gasteiger partial charge in [-0.15, -0.1) is 0 Å². The smallest absolute Gasteiger partial charge is 0.194 e. The van der Waals surface area contributed by atoms with E-state index in [1.807, 2.05) is 24.4 Å². The van der Waals surface area contributed by atoms with E-state index >= 15 is 0 Å². The normalized spacial score (nSPS) is 16.9. The van der Waals surface area contributed by atoms with Crippen molar-refractivity contribution in [2.24, 2.45) is 0 Å². The van der Waals surface area contributed by atoms with Crippen molar-refractivity contribution in [1.82, 2.24) is 5.32 Å². The van der Waals surface area contributed by atoms with E-state index < -0.39 is 0 Å². The minimum atomic E-state index is 0.00572. The molecule has 2 N–H and O–H groups in total. The van der Waals surface area contributed by atoms with Gasteiger partial charge in [0.15, 0.2) is 5.12 Å². The Morgan fingerprint density at radius 2 is 2.11 bits per heavy atom. The molecule has 0 saturated heterocycles. The van der Waals surface area contributed by atoms with Gasteiger partial charge in [-0.1, -0.05) is 23.9 Å². The molecular formula is C14H15NO3S. The number of thioether (sulfide) groups is 1. The highest BCUT2D eigenvalue weighted by Crippen LogP contribution is 2.18. The molecule has 0 aromatic heterocycles. The quantitative estimate of drug-likeness (QED) is 0.865. The molecule has 0 bridgehead atoms. The third-order valence-corrected chi connectivity index (χ3v) is 3.44. The number of nitrogens with one attached hydrogen (secondary N) is 1. The highest BCUT2D eigenvalue weighted by atomic mass is 32.2. The van der Waals surface area contributed by atoms with Crippen molar-refractivity contribution in [3.8, 4) is 11.5 Å². The summed E-state index contributed by atoms with van der Waals surface area (Å²) in [7, 11) is 0. The molecule has 1 unspecified atom stereocenters. The van der Waals surface area contributed by atoms with E-state index in [9.17, 15) is 4.79 Å². The largest absolute Gasteiger partial charge is 0.508 e. The summed E-state index contributed by atoms with van der Waals surface area (Å²) in [6.45, 7) is 0.336. The molecule has 100 valence electrons. The molecule has 2 rings (SSSR count). The zero-order valence-electron chi connectivity index (χ0n) is 10.3. The van der Waals surface area contributed by atoms with Crippen LogP contribution in [0.3, 0.4) is 0 Å². The van der Waals surface area contributed by atoms with Crippen LogP contribution in [0.5, 0.6) is 11.5 Å². The number of allylic oxidation sites excluding steroid dienone is 2. The fourth-order valence-electron chi connectivity index (χ4n) is 1.49. The number of ether oxygens (including phenoxy) is 1. The van der Waals surface area contributed by atoms with Gasteiger partial charge in [0, 0.05) is 0 Å². The van der Waals surface area contributed by atoms with Crippen molar-refractivity contribution < 1.29 is 14.6 Å². The highest BCUT2D eigenvalue weighted by Gasteiger charge is 2.11. The number of carbonyl (C=O) groups excluding carboxylic acids is 1. The molecule has 0 radical (unpaired) electrons. The minimum absolute atomic E-state index is 0.00572. The lowest BCUT2D eigenvalue weighted by molar-refractivity contribution is -0.111. The summed E-state index contributed by atoms with van der Waals surface area (Å²) in [5, 5.41) is 12.3. The van der Waals surface area contributed by atoms with Crippen LogP contribution in [-0.4, -0.2) is 22.2 Å². The third kappa shape index (κ3) is 4.71. The predicted octanol–water partition coefficient (Wildman–Crippen LogP) is 2.42. The average molecular weight is 277 g/mol. The summed E-state index contributed by atoms with van der Waals surface area (Å²) in [6, 6.07) is 6.44. The fraction of sp³-hybridized carbons (Fsp3) is 0.214. The number of carbonyl (C=O) groups is 1. The number of hydrogen-bond donors (Lipinski definition) is 2. The Kier molecular flexibility index (Phi) is 4.92. The van der Waals surface area contributed by atoms with Crippen molar-refractivity contribution in [3.63, 3.8) is 0 Å². The Hall–Kier alpha value is -1.88. The predicted molar refractivity (Wildman–Crippen MR) is 76.0 cm³/mol. The van der Waals surface area contributed by atoms with Crippen molar-refractivity contribution >= 4 is 16.9 Å². The maximum absolute atomic E-state index is 11.7. The molecule has 1 atom stereocenters. The van der Waals surface area contributed by atoms with Crippen molar-refractivity contribution in [2.45, 2.75) is 11.8 Å². The molecule has 1 heterocycles. The van der Waals surface area contributed by atoms with Crippen molar-refractivity contribution in [1.29, 1.82) is 0 Å². The molecule has 0 spiro atoms. The number of aromatic hydroxyl groups is 1. The second-order valence-corrected chi connectivity index (χ2v) is 5.11. The molecule has 4 nitrogen and oxygen atoms in total. The van der Waals surface area contributed by atoms with E-state index in [1.54, 1.807) is 24.3 Å². The molecule has 1 aliphatic heterocycles. The van der Waals surface area contributed by atoms with E-state index in [0.29, 0.717) is 18.8 Å². The molecule has 1 aromatic rings. The lowest BCUT2D eigenvalue weighted by atomic mass is 10.3. The summed E-state index contributed by atoms with van der Waals surface area (Å²) in [6.07, 6.45) is 7.90. The first kappa shape index (κ1) is 13.5. The lowest BCUT2D eigenvalue weighted by Gasteiger charge is -2.14. The zero-order chi connectivity index (χ0) is 13.5. The molecule has 1 aromatic carbocycles. The van der Waals surface area contributed by atoms with Gasteiger partial charge in [0.05, 0.1) is 18.4 Å². The zero-order valence-corrected chi connectivity index (χ0v) is 11.1. The van der Waals surface area contributed by atoms with E-state index in [-0.39, 0.29) is 16.2 Å². The van der Waals surface area contributed by atoms with Crippen LogP contribution in [0.15, 0.2) is 48.7 Å². The summed E-state index contributed by atoms with van der Waals surface area (Å²) < 4.78 is 5.42. The van der Waals surface area contributed by atoms with E-state index in [1.165, 1.54) is 11.8 Å². The summed E-state index contributed by atoms with van der Waals surface area (Å²) in [5.41, 5.74) is 0. The Balaban J connectivity index is 1.67. The van der Waals surface area contributed by atoms with Gasteiger partial charge in [0.2, 0.25) is 0 Å². The van der Waals surface area contributed by atoms with Gasteiger partial charge in [0.25, 0.3) is 0 Å². The van der Waals surface area contributed by atoms with Crippen LogP contribution in [0.2, 0.25) is 0 Å². The summed E-state index contributed by atoms with van der Waals surface area (Å²) >= 11 is 1.25. The van der Waals surface area contributed by atoms with E-state index in [0.717, 1.165) is 0 Å². The summed E-state index contributed by atoms with van der Waals surface area (Å²) in [5.74, 6) is 0.844. The number of phenols is 1. The van der Waals surface area contributed by atoms with Crippen LogP contribution in [0.1, 0.15) is 6.42 Å². The van der Waals surface area contributed by atoms with Gasteiger partial charge in [-0.3, -0.25) is 4.79 Å². The highest BCUT2D eigenvalue weighted by molar-refractivity contribution is 8.14. The molecule has 0 fully saturated rings. The number of hydrogen-bond acceptors (Lipinski definition) is 5. The van der Waals surface area contributed by atoms with Crippen molar-refractivity contribution in [2.75, 3.05) is 6.61 Å². The molecular weight excluding hydrogens is 262 g/mol. The van der Waals surface area contributed by atoms with Gasteiger partial charge in [-0.25, -0.2) is 0 Å². The van der Waals surface area contributed by atoms with Gasteiger partial charge in [-0.05, 0) is 36.5 Å². The summed E-state index contributed by atoms with van der Waals surface area (Å²) in [4.78, 5) is 11.7. The molecule has 5 heteroatoms. The van der Waals surface area contributed by atoms with E-state index in [4.69, 9.17) is 9.84 Å². The Morgan fingerprint density at radius 3 is 2.79 bits per heavy atom. The van der Waals surface area contributed by atoms with E-state index in [2.05, 4.69) is 5.32 Å².